The van der Waals surface area contributed by atoms with E-state index in [-0.39, 0.29) is 23.0 Å². The van der Waals surface area contributed by atoms with E-state index in [1.807, 2.05) is 41.5 Å². The van der Waals surface area contributed by atoms with Crippen LogP contribution in [0.1, 0.15) is 41.5 Å². The Balaban J connectivity index is 0. The maximum atomic E-state index is 5.59. The van der Waals surface area contributed by atoms with Crippen molar-refractivity contribution in [3.63, 3.8) is 0 Å². The van der Waals surface area contributed by atoms with Gasteiger partial charge in [-0.2, -0.15) is 0 Å². The Morgan fingerprint density at radius 1 is 0.643 bits per heavy atom. The summed E-state index contributed by atoms with van der Waals surface area (Å²) in [7, 11) is 0. The fraction of sp³-hybridized carbons (Fsp3) is 1.00. The fourth-order valence-electron chi connectivity index (χ4n) is 0.661. The number of halogens is 1. The van der Waals surface area contributed by atoms with Gasteiger partial charge in [-0.3, -0.25) is 4.70 Å². The predicted octanol–water partition coefficient (Wildman–Crippen LogP) is 2.78. The van der Waals surface area contributed by atoms with Crippen LogP contribution in [0.25, 0.3) is 0 Å². The normalized spacial score (nSPS) is 10.9. The van der Waals surface area contributed by atoms with E-state index in [1.165, 1.54) is 0 Å². The van der Waals surface area contributed by atoms with Crippen LogP contribution in [0, 0.1) is 0 Å². The van der Waals surface area contributed by atoms with Crippen LogP contribution in [0.3, 0.4) is 0 Å². The summed E-state index contributed by atoms with van der Waals surface area (Å²) in [6, 6.07) is 0. The molecule has 0 saturated heterocycles. The summed E-state index contributed by atoms with van der Waals surface area (Å²) in [5.74, 6) is 0. The van der Waals surface area contributed by atoms with Crippen molar-refractivity contribution in [2.75, 3.05) is 0 Å². The van der Waals surface area contributed by atoms with Crippen molar-refractivity contribution in [3.8, 4) is 0 Å². The van der Waals surface area contributed by atoms with Crippen LogP contribution < -0.4 is 0 Å². The van der Waals surface area contributed by atoms with Crippen molar-refractivity contribution in [2.24, 2.45) is 0 Å². The third-order valence-electron chi connectivity index (χ3n) is 0.996. The van der Waals surface area contributed by atoms with Gasteiger partial charge in [0, 0.05) is 0 Å². The van der Waals surface area contributed by atoms with Gasteiger partial charge in [0.1, 0.15) is 0 Å². The van der Waals surface area contributed by atoms with E-state index in [9.17, 15) is 0 Å². The van der Waals surface area contributed by atoms with Crippen molar-refractivity contribution >= 4 is 0 Å². The summed E-state index contributed by atoms with van der Waals surface area (Å²) in [5.41, 5.74) is 0. The van der Waals surface area contributed by atoms with Gasteiger partial charge in [0.15, 0.2) is 0 Å². The minimum Gasteiger partial charge on any atom is -0.269 e. The molecule has 0 rings (SSSR count). The minimum absolute atomic E-state index is 0. The molecule has 0 unspecified atom stereocenters. The van der Waals surface area contributed by atoms with E-state index in [0.717, 1.165) is 0 Å². The zero-order valence-corrected chi connectivity index (χ0v) is 11.4. The van der Waals surface area contributed by atoms with E-state index in [0.29, 0.717) is 0 Å². The standard InChI is InChI=1S/3C3H7O.FH.Ti/c3*1-3(2)4;;/h3*3H,1-2H3;1H;/q3*-1;;+3. The number of rotatable bonds is 6. The van der Waals surface area contributed by atoms with E-state index < -0.39 is 19.0 Å². The molecule has 0 bridgehead atoms. The van der Waals surface area contributed by atoms with Crippen LogP contribution in [0.15, 0.2) is 0 Å². The molecule has 0 atom stereocenters. The second-order valence-corrected chi connectivity index (χ2v) is 5.63. The minimum atomic E-state index is -2.18. The van der Waals surface area contributed by atoms with E-state index in [1.54, 1.807) is 0 Å². The third kappa shape index (κ3) is 10.6. The molecule has 14 heavy (non-hydrogen) atoms. The molecule has 0 N–H and O–H groups in total. The van der Waals surface area contributed by atoms with Gasteiger partial charge in [-0.25, -0.2) is 0 Å². The largest absolute Gasteiger partial charge is 0.269 e. The molecule has 0 saturated carbocycles. The van der Waals surface area contributed by atoms with Crippen LogP contribution in [-0.2, 0) is 29.0 Å². The summed E-state index contributed by atoms with van der Waals surface area (Å²) < 4.78 is 16.8. The molecule has 0 aliphatic carbocycles. The van der Waals surface area contributed by atoms with Crippen LogP contribution in [0.4, 0.5) is 4.70 Å². The second kappa shape index (κ2) is 8.80. The number of hydrogen-bond donors (Lipinski definition) is 0. The Morgan fingerprint density at radius 3 is 1.00 bits per heavy atom. The first-order chi connectivity index (χ1) is 5.91. The van der Waals surface area contributed by atoms with Crippen LogP contribution >= 0.6 is 0 Å². The first-order valence-corrected chi connectivity index (χ1v) is 6.70. The molecule has 0 aliphatic heterocycles. The maximum Gasteiger partial charge on any atom is -0.269 e. The number of hydrogen-bond acceptors (Lipinski definition) is 3. The van der Waals surface area contributed by atoms with Crippen LogP contribution in [-0.4, -0.2) is 18.3 Å². The van der Waals surface area contributed by atoms with Gasteiger partial charge >= 0.3 is 88.8 Å². The van der Waals surface area contributed by atoms with Gasteiger partial charge in [0.05, 0.1) is 0 Å². The molecule has 3 nitrogen and oxygen atoms in total. The molecule has 0 heterocycles. The average molecular weight is 245 g/mol. The van der Waals surface area contributed by atoms with Crippen molar-refractivity contribution < 1.29 is 33.7 Å². The SMILES string of the molecule is CC(C)[O][Ti]([O]C(C)C)[O]C(C)C.F. The Bertz CT molecular complexity index is 107. The molecule has 0 aromatic carbocycles. The van der Waals surface area contributed by atoms with Crippen LogP contribution in [0.2, 0.25) is 0 Å². The fourth-order valence-corrected chi connectivity index (χ4v) is 2.72. The molecule has 0 aliphatic rings. The summed E-state index contributed by atoms with van der Waals surface area (Å²) in [5, 5.41) is 0. The Kier molecular flexibility index (Phi) is 10.6. The van der Waals surface area contributed by atoms with Crippen molar-refractivity contribution in [2.45, 2.75) is 59.9 Å². The summed E-state index contributed by atoms with van der Waals surface area (Å²) in [6.45, 7) is 12.0. The molecule has 0 spiro atoms. The van der Waals surface area contributed by atoms with Gasteiger partial charge in [-0.15, -0.1) is 0 Å². The molecular weight excluding hydrogens is 223 g/mol. The average Bonchev–Trinajstić information content (AvgIpc) is 1.80. The van der Waals surface area contributed by atoms with Gasteiger partial charge in [-0.1, -0.05) is 0 Å². The molecule has 0 radical (unpaired) electrons. The quantitative estimate of drug-likeness (QED) is 0.673. The Hall–Kier alpha value is 0.524. The van der Waals surface area contributed by atoms with Gasteiger partial charge in [-0.05, 0) is 0 Å². The third-order valence-corrected chi connectivity index (χ3v) is 4.11. The maximum absolute atomic E-state index is 5.59. The zero-order chi connectivity index (χ0) is 10.4. The van der Waals surface area contributed by atoms with E-state index in [2.05, 4.69) is 0 Å². The first-order valence-electron chi connectivity index (χ1n) is 4.78. The molecule has 0 aromatic heterocycles. The molecule has 87 valence electrons. The Labute approximate surface area is 93.7 Å². The zero-order valence-electron chi connectivity index (χ0n) is 9.87. The second-order valence-electron chi connectivity index (χ2n) is 3.75. The Morgan fingerprint density at radius 2 is 0.857 bits per heavy atom. The van der Waals surface area contributed by atoms with Gasteiger partial charge < -0.3 is 0 Å². The summed E-state index contributed by atoms with van der Waals surface area (Å²) >= 11 is -2.18. The van der Waals surface area contributed by atoms with E-state index >= 15 is 0 Å². The molecule has 0 amide bonds. The van der Waals surface area contributed by atoms with Crippen molar-refractivity contribution in [3.05, 3.63) is 0 Å². The molecule has 0 fully saturated rings. The van der Waals surface area contributed by atoms with Gasteiger partial charge in [0.2, 0.25) is 0 Å². The molecular formula is C9H22FO3Ti. The van der Waals surface area contributed by atoms with Crippen molar-refractivity contribution in [1.29, 1.82) is 0 Å². The topological polar surface area (TPSA) is 27.7 Å². The van der Waals surface area contributed by atoms with Crippen molar-refractivity contribution in [1.82, 2.24) is 0 Å². The molecule has 5 heteroatoms. The summed E-state index contributed by atoms with van der Waals surface area (Å²) in [6.07, 6.45) is 0.562. The summed E-state index contributed by atoms with van der Waals surface area (Å²) in [4.78, 5) is 0. The molecule has 0 aromatic rings. The first kappa shape index (κ1) is 16.9. The smallest absolute Gasteiger partial charge is 0.269 e. The van der Waals surface area contributed by atoms with Gasteiger partial charge in [0.25, 0.3) is 0 Å². The monoisotopic (exact) mass is 245 g/mol. The predicted molar refractivity (Wildman–Crippen MR) is 51.2 cm³/mol. The van der Waals surface area contributed by atoms with E-state index in [4.69, 9.17) is 9.96 Å². The van der Waals surface area contributed by atoms with Crippen LogP contribution in [0.5, 0.6) is 0 Å².